The van der Waals surface area contributed by atoms with Crippen LogP contribution in [-0.4, -0.2) is 18.6 Å². The summed E-state index contributed by atoms with van der Waals surface area (Å²) in [6.45, 7) is 2.96. The number of nitrogens with one attached hydrogen (secondary N) is 1. The van der Waals surface area contributed by atoms with E-state index in [-0.39, 0.29) is 0 Å². The van der Waals surface area contributed by atoms with E-state index in [4.69, 9.17) is 4.84 Å². The van der Waals surface area contributed by atoms with Crippen molar-refractivity contribution < 1.29 is 4.84 Å². The molecule has 3 heteroatoms. The first-order chi connectivity index (χ1) is 3.79. The molecule has 1 N–H and O–H groups in total. The Morgan fingerprint density at radius 3 is 3.00 bits per heavy atom. The van der Waals surface area contributed by atoms with Gasteiger partial charge in [0.1, 0.15) is 6.26 Å². The summed E-state index contributed by atoms with van der Waals surface area (Å²) < 4.78 is 0. The van der Waals surface area contributed by atoms with E-state index in [1.807, 2.05) is 19.0 Å². The van der Waals surface area contributed by atoms with Gasteiger partial charge in [0.05, 0.1) is 0 Å². The maximum absolute atomic E-state index is 4.81. The monoisotopic (exact) mass is 114 g/mol. The zero-order chi connectivity index (χ0) is 5.98. The molecule has 8 heavy (non-hydrogen) atoms. The Balaban J connectivity index is 2.45. The molecular formula is C5H10N2O. The van der Waals surface area contributed by atoms with Crippen LogP contribution in [0.4, 0.5) is 0 Å². The molecule has 0 atom stereocenters. The zero-order valence-electron chi connectivity index (χ0n) is 5.14. The molecule has 0 spiro atoms. The molecule has 1 rings (SSSR count). The molecule has 0 saturated carbocycles. The fourth-order valence-corrected chi connectivity index (χ4v) is 0.661. The molecule has 0 radical (unpaired) electrons. The molecular weight excluding hydrogens is 104 g/mol. The van der Waals surface area contributed by atoms with Crippen LogP contribution in [0.5, 0.6) is 0 Å². The molecule has 0 unspecified atom stereocenters. The highest BCUT2D eigenvalue weighted by Gasteiger charge is 2.02. The average Bonchev–Trinajstić information content (AvgIpc) is 1.64. The molecule has 1 aliphatic rings. The number of hydrogen-bond acceptors (Lipinski definition) is 3. The van der Waals surface area contributed by atoms with Gasteiger partial charge in [-0.1, -0.05) is 5.59 Å². The summed E-state index contributed by atoms with van der Waals surface area (Å²) in [6, 6.07) is 0. The van der Waals surface area contributed by atoms with Crippen molar-refractivity contribution in [2.24, 2.45) is 0 Å². The van der Waals surface area contributed by atoms with Crippen LogP contribution < -0.4 is 5.59 Å². The van der Waals surface area contributed by atoms with Crippen LogP contribution in [0.2, 0.25) is 0 Å². The fourth-order valence-electron chi connectivity index (χ4n) is 0.661. The van der Waals surface area contributed by atoms with Crippen molar-refractivity contribution in [2.75, 3.05) is 13.6 Å². The number of likely N-dealkylation sites (N-methyl/N-ethyl adjacent to an activating group) is 1. The van der Waals surface area contributed by atoms with E-state index in [1.54, 1.807) is 6.26 Å². The molecule has 0 aliphatic carbocycles. The highest BCUT2D eigenvalue weighted by molar-refractivity contribution is 4.96. The Bertz CT molecular complexity index is 111. The molecule has 3 nitrogen and oxygen atoms in total. The van der Waals surface area contributed by atoms with Crippen LogP contribution in [0, 0.1) is 0 Å². The molecule has 0 aromatic rings. The summed E-state index contributed by atoms with van der Waals surface area (Å²) in [6.07, 6.45) is 1.71. The second-order valence-electron chi connectivity index (χ2n) is 2.03. The lowest BCUT2D eigenvalue weighted by atomic mass is 10.3. The minimum atomic E-state index is 0.931. The lowest BCUT2D eigenvalue weighted by Gasteiger charge is -2.21. The zero-order valence-corrected chi connectivity index (χ0v) is 5.14. The van der Waals surface area contributed by atoms with Gasteiger partial charge in [0.2, 0.25) is 0 Å². The third-order valence-electron chi connectivity index (χ3n) is 0.955. The van der Waals surface area contributed by atoms with Gasteiger partial charge in [-0.05, 0) is 12.5 Å². The molecule has 1 heterocycles. The third-order valence-corrected chi connectivity index (χ3v) is 0.955. The van der Waals surface area contributed by atoms with E-state index in [0.717, 1.165) is 6.54 Å². The predicted octanol–water partition coefficient (Wildman–Crippen LogP) is 0.272. The van der Waals surface area contributed by atoms with Crippen molar-refractivity contribution in [3.05, 3.63) is 11.8 Å². The summed E-state index contributed by atoms with van der Waals surface area (Å²) in [5.74, 6) is 0. The van der Waals surface area contributed by atoms with Gasteiger partial charge < -0.3 is 4.84 Å². The quantitative estimate of drug-likeness (QED) is 0.489. The summed E-state index contributed by atoms with van der Waals surface area (Å²) in [5, 5.41) is 1.87. The molecule has 0 bridgehead atoms. The number of hydrazine groups is 1. The third kappa shape index (κ3) is 1.21. The first-order valence-electron chi connectivity index (χ1n) is 2.57. The molecule has 46 valence electrons. The van der Waals surface area contributed by atoms with Gasteiger partial charge >= 0.3 is 0 Å². The number of nitrogens with zero attached hydrogens (tertiary/aromatic N) is 1. The number of rotatable bonds is 0. The van der Waals surface area contributed by atoms with E-state index in [0.29, 0.717) is 0 Å². The summed E-state index contributed by atoms with van der Waals surface area (Å²) >= 11 is 0. The lowest BCUT2D eigenvalue weighted by Crippen LogP contribution is -2.37. The van der Waals surface area contributed by atoms with E-state index < -0.39 is 0 Å². The van der Waals surface area contributed by atoms with Crippen LogP contribution >= 0.6 is 0 Å². The van der Waals surface area contributed by atoms with Gasteiger partial charge in [0, 0.05) is 13.6 Å². The summed E-state index contributed by atoms with van der Waals surface area (Å²) in [4.78, 5) is 4.81. The smallest absolute Gasteiger partial charge is 0.113 e. The second kappa shape index (κ2) is 2.15. The van der Waals surface area contributed by atoms with E-state index in [2.05, 4.69) is 5.59 Å². The number of hydrogen-bond donors (Lipinski definition) is 1. The van der Waals surface area contributed by atoms with Gasteiger partial charge in [-0.15, -0.1) is 0 Å². The van der Waals surface area contributed by atoms with Gasteiger partial charge in [-0.25, -0.2) is 5.01 Å². The lowest BCUT2D eigenvalue weighted by molar-refractivity contribution is -0.0266. The van der Waals surface area contributed by atoms with Crippen LogP contribution in [0.15, 0.2) is 11.8 Å². The van der Waals surface area contributed by atoms with Crippen LogP contribution in [0.1, 0.15) is 6.92 Å². The molecule has 0 amide bonds. The fraction of sp³-hybridized carbons (Fsp3) is 0.600. The predicted molar refractivity (Wildman–Crippen MR) is 30.6 cm³/mol. The minimum absolute atomic E-state index is 0.931. The Morgan fingerprint density at radius 2 is 2.62 bits per heavy atom. The first-order valence-corrected chi connectivity index (χ1v) is 2.57. The molecule has 0 fully saturated rings. The minimum Gasteiger partial charge on any atom is -0.401 e. The van der Waals surface area contributed by atoms with Crippen molar-refractivity contribution in [1.29, 1.82) is 0 Å². The van der Waals surface area contributed by atoms with Gasteiger partial charge in [0.15, 0.2) is 0 Å². The van der Waals surface area contributed by atoms with Crippen LogP contribution in [-0.2, 0) is 4.84 Å². The van der Waals surface area contributed by atoms with E-state index >= 15 is 0 Å². The maximum Gasteiger partial charge on any atom is 0.113 e. The molecule has 1 aliphatic heterocycles. The highest BCUT2D eigenvalue weighted by atomic mass is 16.7. The van der Waals surface area contributed by atoms with Crippen molar-refractivity contribution in [1.82, 2.24) is 10.6 Å². The van der Waals surface area contributed by atoms with E-state index in [9.17, 15) is 0 Å². The Hall–Kier alpha value is -0.540. The van der Waals surface area contributed by atoms with Gasteiger partial charge in [-0.2, -0.15) is 0 Å². The van der Waals surface area contributed by atoms with Crippen molar-refractivity contribution >= 4 is 0 Å². The normalized spacial score (nSPS) is 22.0. The summed E-state index contributed by atoms with van der Waals surface area (Å²) in [7, 11) is 1.93. The van der Waals surface area contributed by atoms with Crippen molar-refractivity contribution in [3.63, 3.8) is 0 Å². The van der Waals surface area contributed by atoms with Gasteiger partial charge in [-0.3, -0.25) is 0 Å². The second-order valence-corrected chi connectivity index (χ2v) is 2.03. The van der Waals surface area contributed by atoms with Crippen molar-refractivity contribution in [2.45, 2.75) is 6.92 Å². The standard InChI is InChI=1S/C5H10N2O/c1-5-3-7(2)6-8-4-5/h4,6H,3H2,1-2H3. The average molecular weight is 114 g/mol. The molecule has 0 aromatic heterocycles. The highest BCUT2D eigenvalue weighted by Crippen LogP contribution is 1.98. The molecule has 0 aromatic carbocycles. The summed E-state index contributed by atoms with van der Waals surface area (Å²) in [5.41, 5.74) is 3.90. The Kier molecular flexibility index (Phi) is 1.50. The van der Waals surface area contributed by atoms with Crippen LogP contribution in [0.3, 0.4) is 0 Å². The largest absolute Gasteiger partial charge is 0.401 e. The Morgan fingerprint density at radius 1 is 1.88 bits per heavy atom. The van der Waals surface area contributed by atoms with Crippen molar-refractivity contribution in [3.8, 4) is 0 Å². The maximum atomic E-state index is 4.81. The SMILES string of the molecule is CC1=CONN(C)C1. The Labute approximate surface area is 48.9 Å². The van der Waals surface area contributed by atoms with Gasteiger partial charge in [0.25, 0.3) is 0 Å². The molecule has 0 saturated heterocycles. The van der Waals surface area contributed by atoms with E-state index in [1.165, 1.54) is 5.57 Å². The topological polar surface area (TPSA) is 24.5 Å². The van der Waals surface area contributed by atoms with Crippen LogP contribution in [0.25, 0.3) is 0 Å². The first kappa shape index (κ1) is 5.59.